The molecule has 2 aromatic carbocycles. The first-order valence-electron chi connectivity index (χ1n) is 7.46. The van der Waals surface area contributed by atoms with Crippen molar-refractivity contribution in [2.75, 3.05) is 10.6 Å². The summed E-state index contributed by atoms with van der Waals surface area (Å²) in [5.41, 5.74) is 3.22. The number of amides is 2. The van der Waals surface area contributed by atoms with Crippen LogP contribution in [0, 0.1) is 0 Å². The van der Waals surface area contributed by atoms with E-state index in [0.717, 1.165) is 11.0 Å². The molecule has 0 radical (unpaired) electrons. The lowest BCUT2D eigenvalue weighted by molar-refractivity contribution is -0.122. The summed E-state index contributed by atoms with van der Waals surface area (Å²) in [5, 5.41) is 5.57. The number of rotatable bonds is 2. The molecule has 0 saturated heterocycles. The lowest BCUT2D eigenvalue weighted by Crippen LogP contribution is -2.34. The normalized spacial score (nSPS) is 16.2. The molecular weight excluding hydrogens is 308 g/mol. The summed E-state index contributed by atoms with van der Waals surface area (Å²) >= 11 is 0. The number of nitrogens with zero attached hydrogens (tertiary/aromatic N) is 1. The van der Waals surface area contributed by atoms with Crippen molar-refractivity contribution in [3.05, 3.63) is 48.3 Å². The fourth-order valence-corrected chi connectivity index (χ4v) is 2.57. The highest BCUT2D eigenvalue weighted by molar-refractivity contribution is 6.06. The Morgan fingerprint density at radius 2 is 2.12 bits per heavy atom. The van der Waals surface area contributed by atoms with E-state index in [9.17, 15) is 9.59 Å². The highest BCUT2D eigenvalue weighted by Gasteiger charge is 2.23. The number of hydrogen-bond donors (Lipinski definition) is 3. The first kappa shape index (κ1) is 14.3. The monoisotopic (exact) mass is 322 g/mol. The number of anilines is 2. The highest BCUT2D eigenvalue weighted by Crippen LogP contribution is 2.32. The maximum Gasteiger partial charge on any atom is 0.265 e. The Kier molecular flexibility index (Phi) is 3.19. The zero-order chi connectivity index (χ0) is 16.7. The van der Waals surface area contributed by atoms with E-state index in [-0.39, 0.29) is 11.8 Å². The van der Waals surface area contributed by atoms with E-state index < -0.39 is 6.10 Å². The minimum absolute atomic E-state index is 0.212. The summed E-state index contributed by atoms with van der Waals surface area (Å²) in [4.78, 5) is 31.2. The van der Waals surface area contributed by atoms with Crippen LogP contribution in [0.1, 0.15) is 17.3 Å². The lowest BCUT2D eigenvalue weighted by Gasteiger charge is -2.23. The average Bonchev–Trinajstić information content (AvgIpc) is 3.03. The first-order chi connectivity index (χ1) is 11.6. The predicted molar refractivity (Wildman–Crippen MR) is 89.2 cm³/mol. The van der Waals surface area contributed by atoms with E-state index in [1.165, 1.54) is 0 Å². The van der Waals surface area contributed by atoms with Crippen molar-refractivity contribution in [3.63, 3.8) is 0 Å². The fraction of sp³-hybridized carbons (Fsp3) is 0.118. The first-order valence-corrected chi connectivity index (χ1v) is 7.46. The van der Waals surface area contributed by atoms with Gasteiger partial charge >= 0.3 is 0 Å². The van der Waals surface area contributed by atoms with Crippen LogP contribution in [0.5, 0.6) is 5.75 Å². The van der Waals surface area contributed by atoms with Crippen molar-refractivity contribution in [2.24, 2.45) is 0 Å². The number of carbonyl (C=O) groups is 2. The Bertz CT molecular complexity index is 963. The number of fused-ring (bicyclic) bond motifs is 2. The molecule has 24 heavy (non-hydrogen) atoms. The maximum atomic E-state index is 12.4. The van der Waals surface area contributed by atoms with Crippen LogP contribution in [-0.2, 0) is 4.79 Å². The van der Waals surface area contributed by atoms with Gasteiger partial charge in [0.1, 0.15) is 5.75 Å². The van der Waals surface area contributed by atoms with E-state index in [4.69, 9.17) is 4.74 Å². The third kappa shape index (κ3) is 2.45. The predicted octanol–water partition coefficient (Wildman–Crippen LogP) is 2.53. The van der Waals surface area contributed by atoms with Gasteiger partial charge in [-0.2, -0.15) is 0 Å². The molecule has 3 aromatic rings. The summed E-state index contributed by atoms with van der Waals surface area (Å²) in [7, 11) is 0. The minimum atomic E-state index is -0.529. The zero-order valence-corrected chi connectivity index (χ0v) is 12.8. The molecule has 0 unspecified atom stereocenters. The molecule has 1 aliphatic heterocycles. The van der Waals surface area contributed by atoms with Crippen LogP contribution in [0.15, 0.2) is 42.7 Å². The fourth-order valence-electron chi connectivity index (χ4n) is 2.57. The van der Waals surface area contributed by atoms with E-state index >= 15 is 0 Å². The van der Waals surface area contributed by atoms with Crippen molar-refractivity contribution < 1.29 is 14.3 Å². The maximum absolute atomic E-state index is 12.4. The Morgan fingerprint density at radius 3 is 3.00 bits per heavy atom. The molecule has 7 heteroatoms. The van der Waals surface area contributed by atoms with Gasteiger partial charge in [0, 0.05) is 11.3 Å². The number of H-pyrrole nitrogens is 1. The molecule has 1 atom stereocenters. The van der Waals surface area contributed by atoms with Gasteiger partial charge in [-0.15, -0.1) is 0 Å². The van der Waals surface area contributed by atoms with Crippen LogP contribution < -0.4 is 15.4 Å². The molecule has 0 saturated carbocycles. The Morgan fingerprint density at radius 1 is 1.25 bits per heavy atom. The number of imidazole rings is 1. The summed E-state index contributed by atoms with van der Waals surface area (Å²) < 4.78 is 5.49. The number of hydrogen-bond acceptors (Lipinski definition) is 4. The Labute approximate surface area is 137 Å². The largest absolute Gasteiger partial charge is 0.479 e. The third-order valence-corrected chi connectivity index (χ3v) is 3.85. The molecule has 0 bridgehead atoms. The summed E-state index contributed by atoms with van der Waals surface area (Å²) in [5.74, 6) is 0.123. The molecule has 0 fully saturated rings. The number of carbonyl (C=O) groups excluding carboxylic acids is 2. The van der Waals surface area contributed by atoms with Crippen molar-refractivity contribution in [1.29, 1.82) is 0 Å². The lowest BCUT2D eigenvalue weighted by atomic mass is 10.1. The van der Waals surface area contributed by atoms with Gasteiger partial charge in [0.2, 0.25) is 0 Å². The van der Waals surface area contributed by atoms with Crippen LogP contribution in [0.4, 0.5) is 11.4 Å². The van der Waals surface area contributed by atoms with Gasteiger partial charge in [-0.25, -0.2) is 4.98 Å². The van der Waals surface area contributed by atoms with Crippen LogP contribution in [0.25, 0.3) is 11.0 Å². The number of benzene rings is 2. The van der Waals surface area contributed by atoms with Gasteiger partial charge in [-0.05, 0) is 43.3 Å². The Balaban J connectivity index is 1.57. The van der Waals surface area contributed by atoms with E-state index in [2.05, 4.69) is 20.6 Å². The average molecular weight is 322 g/mol. The van der Waals surface area contributed by atoms with Gasteiger partial charge < -0.3 is 20.4 Å². The van der Waals surface area contributed by atoms with Gasteiger partial charge in [-0.1, -0.05) is 0 Å². The summed E-state index contributed by atoms with van der Waals surface area (Å²) in [6.45, 7) is 1.68. The second-order valence-corrected chi connectivity index (χ2v) is 5.55. The SMILES string of the molecule is C[C@@H]1Oc2ccc(NC(=O)c3ccc4nc[nH]c4c3)cc2NC1=O. The molecule has 3 N–H and O–H groups in total. The number of aromatic amines is 1. The number of ether oxygens (including phenoxy) is 1. The van der Waals surface area contributed by atoms with Crippen molar-refractivity contribution in [3.8, 4) is 5.75 Å². The minimum Gasteiger partial charge on any atom is -0.479 e. The quantitative estimate of drug-likeness (QED) is 0.675. The molecule has 2 amide bonds. The third-order valence-electron chi connectivity index (χ3n) is 3.85. The molecule has 1 aromatic heterocycles. The molecule has 0 spiro atoms. The standard InChI is InChI=1S/C17H14N4O3/c1-9-16(22)21-14-7-11(3-5-15(14)24-9)20-17(23)10-2-4-12-13(6-10)19-8-18-12/h2-9H,1H3,(H,18,19)(H,20,23)(H,21,22)/t9-/m0/s1. The number of aromatic nitrogens is 2. The van der Waals surface area contributed by atoms with Crippen LogP contribution in [0.3, 0.4) is 0 Å². The van der Waals surface area contributed by atoms with Crippen LogP contribution in [0.2, 0.25) is 0 Å². The van der Waals surface area contributed by atoms with E-state index in [1.54, 1.807) is 49.6 Å². The summed E-state index contributed by atoms with van der Waals surface area (Å²) in [6, 6.07) is 10.4. The van der Waals surface area contributed by atoms with Gasteiger partial charge in [-0.3, -0.25) is 9.59 Å². The second kappa shape index (κ2) is 5.38. The molecular formula is C17H14N4O3. The molecule has 1 aliphatic rings. The number of nitrogens with one attached hydrogen (secondary N) is 3. The van der Waals surface area contributed by atoms with Crippen molar-refractivity contribution >= 4 is 34.2 Å². The van der Waals surface area contributed by atoms with Crippen LogP contribution in [-0.4, -0.2) is 27.9 Å². The van der Waals surface area contributed by atoms with Crippen molar-refractivity contribution in [1.82, 2.24) is 9.97 Å². The van der Waals surface area contributed by atoms with Gasteiger partial charge in [0.15, 0.2) is 6.10 Å². The molecule has 2 heterocycles. The van der Waals surface area contributed by atoms with E-state index in [0.29, 0.717) is 22.7 Å². The van der Waals surface area contributed by atoms with Crippen LogP contribution >= 0.6 is 0 Å². The molecule has 4 rings (SSSR count). The zero-order valence-electron chi connectivity index (χ0n) is 12.8. The topological polar surface area (TPSA) is 96.1 Å². The second-order valence-electron chi connectivity index (χ2n) is 5.55. The molecule has 0 aliphatic carbocycles. The van der Waals surface area contributed by atoms with E-state index in [1.807, 2.05) is 0 Å². The Hall–Kier alpha value is -3.35. The van der Waals surface area contributed by atoms with Gasteiger partial charge in [0.25, 0.3) is 11.8 Å². The molecule has 120 valence electrons. The van der Waals surface area contributed by atoms with Gasteiger partial charge in [0.05, 0.1) is 23.0 Å². The summed E-state index contributed by atoms with van der Waals surface area (Å²) in [6.07, 6.45) is 1.05. The smallest absolute Gasteiger partial charge is 0.265 e. The highest BCUT2D eigenvalue weighted by atomic mass is 16.5. The molecule has 7 nitrogen and oxygen atoms in total. The van der Waals surface area contributed by atoms with Crippen molar-refractivity contribution in [2.45, 2.75) is 13.0 Å².